The van der Waals surface area contributed by atoms with Crippen LogP contribution in [0.1, 0.15) is 45.4 Å². The number of hydrogen-bond acceptors (Lipinski definition) is 4. The maximum atomic E-state index is 12.6. The van der Waals surface area contributed by atoms with Gasteiger partial charge in [0.05, 0.1) is 6.33 Å². The molecule has 2 heterocycles. The largest absolute Gasteiger partial charge is 0.352 e. The first-order valence-electron chi connectivity index (χ1n) is 8.76. The molecule has 134 valence electrons. The van der Waals surface area contributed by atoms with Crippen LogP contribution in [0.5, 0.6) is 0 Å². The highest BCUT2D eigenvalue weighted by atomic mass is 32.2. The van der Waals surface area contributed by atoms with Gasteiger partial charge in [-0.15, -0.1) is 0 Å². The number of sulfonamides is 1. The topological polar surface area (TPSA) is 84.3 Å². The Bertz CT molecular complexity index is 671. The van der Waals surface area contributed by atoms with Crippen LogP contribution in [-0.4, -0.2) is 47.3 Å². The fourth-order valence-corrected chi connectivity index (χ4v) is 4.83. The highest BCUT2D eigenvalue weighted by molar-refractivity contribution is 7.89. The fourth-order valence-electron chi connectivity index (χ4n) is 3.43. The van der Waals surface area contributed by atoms with Crippen LogP contribution in [-0.2, 0) is 21.4 Å². The molecule has 0 aromatic carbocycles. The molecule has 1 aromatic heterocycles. The second-order valence-electron chi connectivity index (χ2n) is 7.02. The van der Waals surface area contributed by atoms with E-state index in [0.29, 0.717) is 19.0 Å². The van der Waals surface area contributed by atoms with E-state index < -0.39 is 10.0 Å². The lowest BCUT2D eigenvalue weighted by Crippen LogP contribution is -2.38. The van der Waals surface area contributed by atoms with Crippen LogP contribution in [0.4, 0.5) is 0 Å². The van der Waals surface area contributed by atoms with Crippen molar-refractivity contribution in [1.82, 2.24) is 19.2 Å². The minimum Gasteiger partial charge on any atom is -0.352 e. The molecule has 7 nitrogen and oxygen atoms in total. The predicted octanol–water partition coefficient (Wildman–Crippen LogP) is 1.36. The summed E-state index contributed by atoms with van der Waals surface area (Å²) in [6.07, 6.45) is 9.02. The molecule has 1 aliphatic heterocycles. The first-order chi connectivity index (χ1) is 11.4. The molecule has 8 heteroatoms. The van der Waals surface area contributed by atoms with Crippen molar-refractivity contribution in [1.29, 1.82) is 0 Å². The molecule has 0 atom stereocenters. The van der Waals surface area contributed by atoms with Crippen LogP contribution in [0, 0.1) is 5.92 Å². The molecule has 0 bridgehead atoms. The SMILES string of the molecule is CC1CCN(S(=O)(=O)c2cn(CC(=O)NC3CCCC3)cn2)CC1. The predicted molar refractivity (Wildman–Crippen MR) is 89.8 cm³/mol. The molecule has 0 unspecified atom stereocenters. The van der Waals surface area contributed by atoms with E-state index >= 15 is 0 Å². The second-order valence-corrected chi connectivity index (χ2v) is 8.90. The molecular formula is C16H26N4O3S. The lowest BCUT2D eigenvalue weighted by atomic mass is 10.0. The van der Waals surface area contributed by atoms with Gasteiger partial charge in [0.15, 0.2) is 5.03 Å². The quantitative estimate of drug-likeness (QED) is 0.865. The van der Waals surface area contributed by atoms with Gasteiger partial charge >= 0.3 is 0 Å². The van der Waals surface area contributed by atoms with Crippen LogP contribution >= 0.6 is 0 Å². The van der Waals surface area contributed by atoms with Crippen molar-refractivity contribution in [3.63, 3.8) is 0 Å². The van der Waals surface area contributed by atoms with Gasteiger partial charge in [0, 0.05) is 25.3 Å². The van der Waals surface area contributed by atoms with Crippen molar-refractivity contribution < 1.29 is 13.2 Å². The highest BCUT2D eigenvalue weighted by Gasteiger charge is 2.30. The fraction of sp³-hybridized carbons (Fsp3) is 0.750. The molecule has 24 heavy (non-hydrogen) atoms. The van der Waals surface area contributed by atoms with Crippen LogP contribution in [0.3, 0.4) is 0 Å². The average Bonchev–Trinajstić information content (AvgIpc) is 3.19. The second kappa shape index (κ2) is 7.23. The summed E-state index contributed by atoms with van der Waals surface area (Å²) in [6, 6.07) is 0.263. The Morgan fingerprint density at radius 2 is 1.92 bits per heavy atom. The maximum Gasteiger partial charge on any atom is 0.262 e. The van der Waals surface area contributed by atoms with E-state index in [1.807, 2.05) is 0 Å². The van der Waals surface area contributed by atoms with Crippen molar-refractivity contribution in [2.24, 2.45) is 5.92 Å². The standard InChI is InChI=1S/C16H26N4O3S/c1-13-6-8-20(9-7-13)24(22,23)16-11-19(12-17-16)10-15(21)18-14-4-2-3-5-14/h11-14H,2-10H2,1H3,(H,18,21). The van der Waals surface area contributed by atoms with Gasteiger partial charge in [-0.3, -0.25) is 4.79 Å². The third-order valence-corrected chi connectivity index (χ3v) is 6.79. The van der Waals surface area contributed by atoms with Crippen molar-refractivity contribution in [3.05, 3.63) is 12.5 Å². The molecule has 1 aliphatic carbocycles. The van der Waals surface area contributed by atoms with E-state index in [0.717, 1.165) is 38.5 Å². The molecule has 1 aromatic rings. The van der Waals surface area contributed by atoms with Crippen molar-refractivity contribution in [2.45, 2.75) is 63.1 Å². The van der Waals surface area contributed by atoms with Crippen LogP contribution < -0.4 is 5.32 Å². The Morgan fingerprint density at radius 3 is 2.58 bits per heavy atom. The summed E-state index contributed by atoms with van der Waals surface area (Å²) in [5.74, 6) is 0.475. The van der Waals surface area contributed by atoms with Gasteiger partial charge in [-0.1, -0.05) is 19.8 Å². The van der Waals surface area contributed by atoms with Gasteiger partial charge in [-0.05, 0) is 31.6 Å². The molecule has 2 fully saturated rings. The Kier molecular flexibility index (Phi) is 5.24. The summed E-state index contributed by atoms with van der Waals surface area (Å²) in [4.78, 5) is 16.1. The first kappa shape index (κ1) is 17.4. The number of piperidine rings is 1. The number of amides is 1. The molecule has 0 radical (unpaired) electrons. The molecule has 2 aliphatic rings. The van der Waals surface area contributed by atoms with Gasteiger partial charge in [0.1, 0.15) is 6.54 Å². The summed E-state index contributed by atoms with van der Waals surface area (Å²) in [6.45, 7) is 3.33. The number of rotatable bonds is 5. The number of aromatic nitrogens is 2. The normalized spacial score (nSPS) is 21.2. The van der Waals surface area contributed by atoms with Gasteiger partial charge in [-0.2, -0.15) is 4.31 Å². The number of nitrogens with one attached hydrogen (secondary N) is 1. The summed E-state index contributed by atoms with van der Waals surface area (Å²) in [7, 11) is -3.55. The van der Waals surface area contributed by atoms with Crippen molar-refractivity contribution >= 4 is 15.9 Å². The molecule has 3 rings (SSSR count). The van der Waals surface area contributed by atoms with E-state index in [4.69, 9.17) is 0 Å². The molecule has 1 amide bonds. The van der Waals surface area contributed by atoms with E-state index in [2.05, 4.69) is 17.2 Å². The summed E-state index contributed by atoms with van der Waals surface area (Å²) in [5.41, 5.74) is 0. The monoisotopic (exact) mass is 354 g/mol. The summed E-state index contributed by atoms with van der Waals surface area (Å²) < 4.78 is 28.3. The van der Waals surface area contributed by atoms with Crippen LogP contribution in [0.15, 0.2) is 17.6 Å². The first-order valence-corrected chi connectivity index (χ1v) is 10.2. The lowest BCUT2D eigenvalue weighted by molar-refractivity contribution is -0.122. The number of carbonyl (C=O) groups excluding carboxylic acids is 1. The summed E-state index contributed by atoms with van der Waals surface area (Å²) >= 11 is 0. The molecular weight excluding hydrogens is 328 g/mol. The van der Waals surface area contributed by atoms with Crippen LogP contribution in [0.2, 0.25) is 0 Å². The highest BCUT2D eigenvalue weighted by Crippen LogP contribution is 2.22. The minimum absolute atomic E-state index is 0.0331. The minimum atomic E-state index is -3.55. The van der Waals surface area contributed by atoms with Gasteiger partial charge in [-0.25, -0.2) is 13.4 Å². The lowest BCUT2D eigenvalue weighted by Gasteiger charge is -2.28. The Hall–Kier alpha value is -1.41. The van der Waals surface area contributed by atoms with E-state index in [9.17, 15) is 13.2 Å². The van der Waals surface area contributed by atoms with E-state index in [1.54, 1.807) is 4.57 Å². The zero-order valence-electron chi connectivity index (χ0n) is 14.1. The molecule has 1 N–H and O–H groups in total. The van der Waals surface area contributed by atoms with Gasteiger partial charge in [0.2, 0.25) is 5.91 Å². The van der Waals surface area contributed by atoms with E-state index in [-0.39, 0.29) is 23.5 Å². The molecule has 0 spiro atoms. The Morgan fingerprint density at radius 1 is 1.25 bits per heavy atom. The van der Waals surface area contributed by atoms with Crippen molar-refractivity contribution in [3.8, 4) is 0 Å². The Labute approximate surface area is 143 Å². The maximum absolute atomic E-state index is 12.6. The third kappa shape index (κ3) is 3.97. The number of imidazole rings is 1. The average molecular weight is 354 g/mol. The molecule has 1 saturated heterocycles. The Balaban J connectivity index is 1.60. The number of nitrogens with zero attached hydrogens (tertiary/aromatic N) is 3. The molecule has 1 saturated carbocycles. The summed E-state index contributed by atoms with van der Waals surface area (Å²) in [5, 5.41) is 3.03. The van der Waals surface area contributed by atoms with E-state index in [1.165, 1.54) is 16.8 Å². The van der Waals surface area contributed by atoms with Crippen LogP contribution in [0.25, 0.3) is 0 Å². The van der Waals surface area contributed by atoms with Gasteiger partial charge in [0.25, 0.3) is 10.0 Å². The zero-order valence-corrected chi connectivity index (χ0v) is 15.0. The number of hydrogen-bond donors (Lipinski definition) is 1. The van der Waals surface area contributed by atoms with Gasteiger partial charge < -0.3 is 9.88 Å². The van der Waals surface area contributed by atoms with Crippen molar-refractivity contribution in [2.75, 3.05) is 13.1 Å². The smallest absolute Gasteiger partial charge is 0.262 e. The zero-order chi connectivity index (χ0) is 17.2. The number of carbonyl (C=O) groups is 1. The third-order valence-electron chi connectivity index (χ3n) is 5.00.